The number of carbonyl (C=O) groups is 2. The standard InChI is InChI=1S/C24H28N4O2/c1-5-11-25-15(3)27-17-7-9-19-21(13-17)23(29)20-10-8-18(14-22(20)24(19)30)28-16(4)26-12-6-2/h7-10,13-14H,5-6,11-12H2,1-4H3,(H,25,27)(H,26,28). The van der Waals surface area contributed by atoms with Gasteiger partial charge in [-0.2, -0.15) is 0 Å². The van der Waals surface area contributed by atoms with E-state index in [0.717, 1.165) is 49.0 Å². The second kappa shape index (κ2) is 9.48. The highest BCUT2D eigenvalue weighted by molar-refractivity contribution is 6.29. The number of amidine groups is 2. The third kappa shape index (κ3) is 4.64. The van der Waals surface area contributed by atoms with Crippen LogP contribution < -0.4 is 10.6 Å². The lowest BCUT2D eigenvalue weighted by molar-refractivity contribution is 0.0979. The van der Waals surface area contributed by atoms with Crippen LogP contribution in [0.5, 0.6) is 0 Å². The Kier molecular flexibility index (Phi) is 6.77. The fourth-order valence-corrected chi connectivity index (χ4v) is 3.36. The Hall–Kier alpha value is -3.28. The molecule has 0 spiro atoms. The predicted molar refractivity (Wildman–Crippen MR) is 124 cm³/mol. The van der Waals surface area contributed by atoms with Gasteiger partial charge in [-0.15, -0.1) is 0 Å². The fraction of sp³-hybridized carbons (Fsp3) is 0.333. The summed E-state index contributed by atoms with van der Waals surface area (Å²) < 4.78 is 0. The van der Waals surface area contributed by atoms with Crippen molar-refractivity contribution in [2.24, 2.45) is 9.98 Å². The molecule has 6 heteroatoms. The van der Waals surface area contributed by atoms with E-state index in [1.807, 2.05) is 26.0 Å². The molecule has 1 aliphatic rings. The average Bonchev–Trinajstić information content (AvgIpc) is 2.74. The maximum Gasteiger partial charge on any atom is 0.194 e. The van der Waals surface area contributed by atoms with Gasteiger partial charge < -0.3 is 10.6 Å². The minimum atomic E-state index is -0.144. The van der Waals surface area contributed by atoms with Gasteiger partial charge in [-0.25, -0.2) is 0 Å². The van der Waals surface area contributed by atoms with E-state index in [9.17, 15) is 9.59 Å². The summed E-state index contributed by atoms with van der Waals surface area (Å²) in [4.78, 5) is 35.0. The van der Waals surface area contributed by atoms with Crippen molar-refractivity contribution in [3.63, 3.8) is 0 Å². The molecule has 3 rings (SSSR count). The van der Waals surface area contributed by atoms with Crippen LogP contribution in [0.2, 0.25) is 0 Å². The molecule has 30 heavy (non-hydrogen) atoms. The monoisotopic (exact) mass is 404 g/mol. The van der Waals surface area contributed by atoms with Crippen molar-refractivity contribution in [2.45, 2.75) is 40.5 Å². The van der Waals surface area contributed by atoms with Crippen LogP contribution in [0.1, 0.15) is 72.4 Å². The third-order valence-electron chi connectivity index (χ3n) is 4.81. The predicted octanol–water partition coefficient (Wildman–Crippen LogP) is 4.94. The van der Waals surface area contributed by atoms with Gasteiger partial charge in [0.2, 0.25) is 0 Å². The van der Waals surface area contributed by atoms with Gasteiger partial charge in [-0.05, 0) is 63.1 Å². The Bertz CT molecular complexity index is 954. The lowest BCUT2D eigenvalue weighted by atomic mass is 9.83. The molecule has 0 saturated carbocycles. The highest BCUT2D eigenvalue weighted by Gasteiger charge is 2.30. The maximum absolute atomic E-state index is 13.1. The number of carbonyl (C=O) groups excluding carboxylic acids is 2. The number of anilines is 2. The van der Waals surface area contributed by atoms with E-state index < -0.39 is 0 Å². The van der Waals surface area contributed by atoms with Crippen LogP contribution >= 0.6 is 0 Å². The highest BCUT2D eigenvalue weighted by Crippen LogP contribution is 2.31. The van der Waals surface area contributed by atoms with Crippen LogP contribution in [-0.2, 0) is 0 Å². The molecule has 2 aromatic rings. The lowest BCUT2D eigenvalue weighted by Gasteiger charge is -2.19. The number of nitrogens with zero attached hydrogens (tertiary/aromatic N) is 2. The van der Waals surface area contributed by atoms with E-state index in [-0.39, 0.29) is 11.6 Å². The van der Waals surface area contributed by atoms with E-state index in [4.69, 9.17) is 0 Å². The molecule has 1 aliphatic carbocycles. The first-order valence-corrected chi connectivity index (χ1v) is 10.4. The van der Waals surface area contributed by atoms with E-state index in [0.29, 0.717) is 22.3 Å². The number of aliphatic imine (C=N–C) groups is 2. The van der Waals surface area contributed by atoms with Gasteiger partial charge in [-0.1, -0.05) is 13.8 Å². The van der Waals surface area contributed by atoms with Crippen LogP contribution in [0, 0.1) is 0 Å². The number of nitrogens with one attached hydrogen (secondary N) is 2. The summed E-state index contributed by atoms with van der Waals surface area (Å²) >= 11 is 0. The summed E-state index contributed by atoms with van der Waals surface area (Å²) in [6.07, 6.45) is 1.93. The third-order valence-corrected chi connectivity index (χ3v) is 4.81. The minimum Gasteiger partial charge on any atom is -0.344 e. The Balaban J connectivity index is 1.89. The number of hydrogen-bond donors (Lipinski definition) is 2. The molecule has 0 saturated heterocycles. The Labute approximate surface area is 177 Å². The normalized spacial score (nSPS) is 13.7. The Morgan fingerprint density at radius 3 is 1.47 bits per heavy atom. The van der Waals surface area contributed by atoms with Crippen molar-refractivity contribution in [1.82, 2.24) is 0 Å². The smallest absolute Gasteiger partial charge is 0.194 e. The number of hydrogen-bond acceptors (Lipinski definition) is 4. The average molecular weight is 405 g/mol. The summed E-state index contributed by atoms with van der Waals surface area (Å²) in [6, 6.07) is 10.5. The first-order chi connectivity index (χ1) is 14.4. The number of benzene rings is 2. The largest absolute Gasteiger partial charge is 0.344 e. The first kappa shape index (κ1) is 21.4. The summed E-state index contributed by atoms with van der Waals surface area (Å²) in [7, 11) is 0. The van der Waals surface area contributed by atoms with Crippen LogP contribution in [0.25, 0.3) is 0 Å². The fourth-order valence-electron chi connectivity index (χ4n) is 3.36. The van der Waals surface area contributed by atoms with Crippen molar-refractivity contribution < 1.29 is 9.59 Å². The van der Waals surface area contributed by atoms with Crippen LogP contribution in [0.15, 0.2) is 46.4 Å². The van der Waals surface area contributed by atoms with E-state index in [2.05, 4.69) is 34.5 Å². The van der Waals surface area contributed by atoms with Gasteiger partial charge in [-0.3, -0.25) is 19.6 Å². The second-order valence-electron chi connectivity index (χ2n) is 7.36. The molecule has 0 aliphatic heterocycles. The van der Waals surface area contributed by atoms with Crippen molar-refractivity contribution in [1.29, 1.82) is 0 Å². The van der Waals surface area contributed by atoms with Crippen molar-refractivity contribution in [3.05, 3.63) is 58.7 Å². The minimum absolute atomic E-state index is 0.144. The Morgan fingerprint density at radius 2 is 1.10 bits per heavy atom. The number of fused-ring (bicyclic) bond motifs is 2. The summed E-state index contributed by atoms with van der Waals surface area (Å²) in [6.45, 7) is 9.39. The zero-order chi connectivity index (χ0) is 21.7. The van der Waals surface area contributed by atoms with Crippen molar-refractivity contribution in [3.8, 4) is 0 Å². The molecule has 2 N–H and O–H groups in total. The Morgan fingerprint density at radius 1 is 0.700 bits per heavy atom. The zero-order valence-electron chi connectivity index (χ0n) is 18.0. The molecule has 0 unspecified atom stereocenters. The van der Waals surface area contributed by atoms with Gasteiger partial charge in [0, 0.05) is 46.7 Å². The quantitative estimate of drug-likeness (QED) is 0.450. The van der Waals surface area contributed by atoms with Gasteiger partial charge >= 0.3 is 0 Å². The maximum atomic E-state index is 13.1. The molecule has 2 aromatic carbocycles. The van der Waals surface area contributed by atoms with Crippen LogP contribution in [0.4, 0.5) is 11.4 Å². The first-order valence-electron chi connectivity index (χ1n) is 10.4. The molecule has 6 nitrogen and oxygen atoms in total. The zero-order valence-corrected chi connectivity index (χ0v) is 18.0. The van der Waals surface area contributed by atoms with Crippen LogP contribution in [-0.4, -0.2) is 36.3 Å². The van der Waals surface area contributed by atoms with Crippen LogP contribution in [0.3, 0.4) is 0 Å². The van der Waals surface area contributed by atoms with Gasteiger partial charge in [0.05, 0.1) is 11.7 Å². The molecule has 0 heterocycles. The van der Waals surface area contributed by atoms with Gasteiger partial charge in [0.1, 0.15) is 0 Å². The topological polar surface area (TPSA) is 82.9 Å². The molecular formula is C24H28N4O2. The van der Waals surface area contributed by atoms with E-state index >= 15 is 0 Å². The molecule has 156 valence electrons. The number of rotatable bonds is 6. The SMILES string of the molecule is CCCN=C(C)Nc1ccc2c(c1)C(=O)c1ccc(NC(C)=NCCC)cc1C2=O. The van der Waals surface area contributed by atoms with Crippen molar-refractivity contribution >= 4 is 34.6 Å². The van der Waals surface area contributed by atoms with E-state index in [1.54, 1.807) is 24.3 Å². The summed E-state index contributed by atoms with van der Waals surface area (Å²) in [5.41, 5.74) is 3.18. The second-order valence-corrected chi connectivity index (χ2v) is 7.36. The van der Waals surface area contributed by atoms with Crippen molar-refractivity contribution in [2.75, 3.05) is 23.7 Å². The van der Waals surface area contributed by atoms with Gasteiger partial charge in [0.15, 0.2) is 11.6 Å². The summed E-state index contributed by atoms with van der Waals surface area (Å²) in [5.74, 6) is 1.27. The lowest BCUT2D eigenvalue weighted by Crippen LogP contribution is -2.22. The molecule has 0 radical (unpaired) electrons. The molecule has 0 fully saturated rings. The molecular weight excluding hydrogens is 376 g/mol. The molecule has 0 atom stereocenters. The van der Waals surface area contributed by atoms with E-state index in [1.165, 1.54) is 0 Å². The summed E-state index contributed by atoms with van der Waals surface area (Å²) in [5, 5.41) is 6.39. The highest BCUT2D eigenvalue weighted by atomic mass is 16.1. The molecule has 0 aromatic heterocycles. The molecule has 0 bridgehead atoms. The molecule has 0 amide bonds. The van der Waals surface area contributed by atoms with Gasteiger partial charge in [0.25, 0.3) is 0 Å². The number of ketones is 2.